The molecule has 1 atom stereocenters. The number of rotatable bonds is 5. The normalized spacial score (nSPS) is 12.9. The standard InChI is InChI=1S/C11H13Cl2N3OS/c1-6(8-5-9(12)18-11(8)13)14-4-3-10-15-7(2)17-16-10/h5-6,14H,3-4H2,1-2H3. The smallest absolute Gasteiger partial charge is 0.223 e. The van der Waals surface area contributed by atoms with E-state index in [-0.39, 0.29) is 6.04 Å². The molecule has 98 valence electrons. The number of hydrogen-bond acceptors (Lipinski definition) is 5. The summed E-state index contributed by atoms with van der Waals surface area (Å²) in [5.74, 6) is 1.30. The van der Waals surface area contributed by atoms with Crippen molar-refractivity contribution in [1.29, 1.82) is 0 Å². The van der Waals surface area contributed by atoms with Crippen LogP contribution in [0.15, 0.2) is 10.6 Å². The fraction of sp³-hybridized carbons (Fsp3) is 0.455. The van der Waals surface area contributed by atoms with E-state index in [9.17, 15) is 0 Å². The highest BCUT2D eigenvalue weighted by Gasteiger charge is 2.13. The average molecular weight is 306 g/mol. The lowest BCUT2D eigenvalue weighted by molar-refractivity contribution is 0.386. The van der Waals surface area contributed by atoms with Gasteiger partial charge in [0.1, 0.15) is 0 Å². The molecular weight excluding hydrogens is 293 g/mol. The Hall–Kier alpha value is -0.620. The van der Waals surface area contributed by atoms with Crippen LogP contribution in [0.3, 0.4) is 0 Å². The van der Waals surface area contributed by atoms with Crippen LogP contribution >= 0.6 is 34.5 Å². The molecule has 4 nitrogen and oxygen atoms in total. The molecule has 0 fully saturated rings. The molecule has 2 heterocycles. The summed E-state index contributed by atoms with van der Waals surface area (Å²) in [5, 5.41) is 7.19. The summed E-state index contributed by atoms with van der Waals surface area (Å²) >= 11 is 13.4. The molecule has 0 saturated carbocycles. The van der Waals surface area contributed by atoms with Crippen LogP contribution in [0.25, 0.3) is 0 Å². The van der Waals surface area contributed by atoms with Crippen molar-refractivity contribution in [2.45, 2.75) is 26.3 Å². The van der Waals surface area contributed by atoms with Gasteiger partial charge in [0.2, 0.25) is 5.89 Å². The van der Waals surface area contributed by atoms with Gasteiger partial charge < -0.3 is 9.84 Å². The summed E-state index contributed by atoms with van der Waals surface area (Å²) in [7, 11) is 0. The van der Waals surface area contributed by atoms with Gasteiger partial charge in [0, 0.05) is 25.9 Å². The van der Waals surface area contributed by atoms with Gasteiger partial charge in [-0.1, -0.05) is 28.4 Å². The molecule has 0 amide bonds. The highest BCUT2D eigenvalue weighted by molar-refractivity contribution is 7.20. The molecule has 0 aliphatic heterocycles. The number of hydrogen-bond donors (Lipinski definition) is 1. The molecular formula is C11H13Cl2N3OS. The van der Waals surface area contributed by atoms with E-state index in [1.165, 1.54) is 11.3 Å². The van der Waals surface area contributed by atoms with Crippen molar-refractivity contribution in [3.05, 3.63) is 32.0 Å². The molecule has 1 unspecified atom stereocenters. The van der Waals surface area contributed by atoms with Crippen molar-refractivity contribution in [2.75, 3.05) is 6.54 Å². The van der Waals surface area contributed by atoms with E-state index >= 15 is 0 Å². The van der Waals surface area contributed by atoms with Crippen LogP contribution in [0, 0.1) is 6.92 Å². The third kappa shape index (κ3) is 3.45. The molecule has 0 saturated heterocycles. The molecule has 0 aliphatic carbocycles. The summed E-state index contributed by atoms with van der Waals surface area (Å²) in [6.45, 7) is 4.58. The third-order valence-electron chi connectivity index (χ3n) is 2.52. The molecule has 0 bridgehead atoms. The number of nitrogens with zero attached hydrogens (tertiary/aromatic N) is 2. The monoisotopic (exact) mass is 305 g/mol. The first-order chi connectivity index (χ1) is 8.56. The predicted octanol–water partition coefficient (Wildman–Crippen LogP) is 3.64. The van der Waals surface area contributed by atoms with Gasteiger partial charge in [0.05, 0.1) is 8.67 Å². The number of nitrogens with one attached hydrogen (secondary N) is 1. The molecule has 1 N–H and O–H groups in total. The van der Waals surface area contributed by atoms with Crippen molar-refractivity contribution in [3.63, 3.8) is 0 Å². The Bertz CT molecular complexity index is 526. The number of thiophene rings is 1. The molecule has 2 rings (SSSR count). The van der Waals surface area contributed by atoms with Gasteiger partial charge in [-0.05, 0) is 18.6 Å². The maximum atomic E-state index is 6.09. The van der Waals surface area contributed by atoms with E-state index in [1.807, 2.05) is 13.0 Å². The molecule has 18 heavy (non-hydrogen) atoms. The van der Waals surface area contributed by atoms with Gasteiger partial charge in [-0.2, -0.15) is 4.98 Å². The van der Waals surface area contributed by atoms with Crippen LogP contribution in [-0.2, 0) is 6.42 Å². The molecule has 0 aliphatic rings. The zero-order valence-electron chi connectivity index (χ0n) is 10.0. The summed E-state index contributed by atoms with van der Waals surface area (Å²) in [6, 6.07) is 2.04. The quantitative estimate of drug-likeness (QED) is 0.916. The van der Waals surface area contributed by atoms with E-state index in [1.54, 1.807) is 6.92 Å². The molecule has 0 radical (unpaired) electrons. The van der Waals surface area contributed by atoms with Crippen molar-refractivity contribution in [3.8, 4) is 0 Å². The van der Waals surface area contributed by atoms with Crippen molar-refractivity contribution in [2.24, 2.45) is 0 Å². The fourth-order valence-electron chi connectivity index (χ4n) is 1.60. The highest BCUT2D eigenvalue weighted by Crippen LogP contribution is 2.34. The lowest BCUT2D eigenvalue weighted by Crippen LogP contribution is -2.21. The lowest BCUT2D eigenvalue weighted by Gasteiger charge is -2.12. The van der Waals surface area contributed by atoms with Gasteiger partial charge in [0.15, 0.2) is 5.82 Å². The molecule has 0 aromatic carbocycles. The van der Waals surface area contributed by atoms with E-state index in [0.29, 0.717) is 16.1 Å². The van der Waals surface area contributed by atoms with Crippen molar-refractivity contribution in [1.82, 2.24) is 15.5 Å². The molecule has 2 aromatic rings. The van der Waals surface area contributed by atoms with Gasteiger partial charge in [0.25, 0.3) is 0 Å². The minimum absolute atomic E-state index is 0.147. The zero-order valence-corrected chi connectivity index (χ0v) is 12.4. The van der Waals surface area contributed by atoms with Crippen LogP contribution in [0.1, 0.15) is 30.2 Å². The summed E-state index contributed by atoms with van der Waals surface area (Å²) < 4.78 is 6.34. The van der Waals surface area contributed by atoms with Crippen LogP contribution in [0.2, 0.25) is 8.67 Å². The maximum Gasteiger partial charge on any atom is 0.223 e. The minimum atomic E-state index is 0.147. The first kappa shape index (κ1) is 13.8. The highest BCUT2D eigenvalue weighted by atomic mass is 35.5. The summed E-state index contributed by atoms with van der Waals surface area (Å²) in [4.78, 5) is 4.14. The predicted molar refractivity (Wildman–Crippen MR) is 73.5 cm³/mol. The first-order valence-corrected chi connectivity index (χ1v) is 7.11. The number of halogens is 2. The lowest BCUT2D eigenvalue weighted by atomic mass is 10.2. The Morgan fingerprint density at radius 2 is 2.28 bits per heavy atom. The summed E-state index contributed by atoms with van der Waals surface area (Å²) in [6.07, 6.45) is 0.719. The Kier molecular flexibility index (Phi) is 4.61. The second-order valence-corrected chi connectivity index (χ2v) is 6.22. The largest absolute Gasteiger partial charge is 0.340 e. The van der Waals surface area contributed by atoms with E-state index in [4.69, 9.17) is 27.7 Å². The Balaban J connectivity index is 1.85. The Labute approximate surface area is 119 Å². The molecule has 2 aromatic heterocycles. The Morgan fingerprint density at radius 3 is 2.83 bits per heavy atom. The molecule has 0 spiro atoms. The second-order valence-electron chi connectivity index (χ2n) is 3.93. The average Bonchev–Trinajstić information content (AvgIpc) is 2.85. The van der Waals surface area contributed by atoms with Gasteiger partial charge in [-0.3, -0.25) is 0 Å². The van der Waals surface area contributed by atoms with Crippen LogP contribution in [-0.4, -0.2) is 16.7 Å². The van der Waals surface area contributed by atoms with Crippen LogP contribution in [0.5, 0.6) is 0 Å². The van der Waals surface area contributed by atoms with E-state index in [0.717, 1.165) is 22.9 Å². The molecule has 7 heteroatoms. The fourth-order valence-corrected chi connectivity index (χ4v) is 3.25. The Morgan fingerprint density at radius 1 is 1.50 bits per heavy atom. The minimum Gasteiger partial charge on any atom is -0.340 e. The zero-order chi connectivity index (χ0) is 13.1. The topological polar surface area (TPSA) is 51.0 Å². The number of aryl methyl sites for hydroxylation is 1. The van der Waals surface area contributed by atoms with Crippen molar-refractivity contribution >= 4 is 34.5 Å². The number of aromatic nitrogens is 2. The van der Waals surface area contributed by atoms with Crippen LogP contribution < -0.4 is 5.32 Å². The van der Waals surface area contributed by atoms with Gasteiger partial charge in [-0.25, -0.2) is 0 Å². The van der Waals surface area contributed by atoms with Gasteiger partial charge in [-0.15, -0.1) is 11.3 Å². The van der Waals surface area contributed by atoms with Gasteiger partial charge >= 0.3 is 0 Å². The SMILES string of the molecule is Cc1nc(CCNC(C)c2cc(Cl)sc2Cl)no1. The summed E-state index contributed by atoms with van der Waals surface area (Å²) in [5.41, 5.74) is 1.02. The maximum absolute atomic E-state index is 6.09. The van der Waals surface area contributed by atoms with Crippen LogP contribution in [0.4, 0.5) is 0 Å². The van der Waals surface area contributed by atoms with Crippen molar-refractivity contribution < 1.29 is 4.52 Å². The second kappa shape index (κ2) is 6.02. The first-order valence-electron chi connectivity index (χ1n) is 5.53. The van der Waals surface area contributed by atoms with E-state index < -0.39 is 0 Å². The van der Waals surface area contributed by atoms with E-state index in [2.05, 4.69) is 15.5 Å². The third-order valence-corrected chi connectivity index (χ3v) is 4.04.